The van der Waals surface area contributed by atoms with E-state index >= 15 is 0 Å². The largest absolute Gasteiger partial charge is 0.481 e. The number of carboxylic acid groups (broad SMARTS) is 1. The molecule has 0 aliphatic heterocycles. The second kappa shape index (κ2) is 3.38. The minimum atomic E-state index is -0.861. The van der Waals surface area contributed by atoms with Gasteiger partial charge in [-0.05, 0) is 5.92 Å². The van der Waals surface area contributed by atoms with Crippen LogP contribution in [0.15, 0.2) is 6.20 Å². The van der Waals surface area contributed by atoms with Gasteiger partial charge in [0.2, 0.25) is 0 Å². The lowest BCUT2D eigenvalue weighted by Gasteiger charge is -1.97. The quantitative estimate of drug-likeness (QED) is 0.711. The third-order valence-corrected chi connectivity index (χ3v) is 1.59. The molecular formula is C8H12N2O2. The van der Waals surface area contributed by atoms with Gasteiger partial charge in [-0.2, -0.15) is 0 Å². The van der Waals surface area contributed by atoms with E-state index < -0.39 is 5.97 Å². The van der Waals surface area contributed by atoms with Crippen molar-refractivity contribution in [1.29, 1.82) is 0 Å². The summed E-state index contributed by atoms with van der Waals surface area (Å²) in [4.78, 5) is 17.2. The van der Waals surface area contributed by atoms with Crippen LogP contribution in [0.4, 0.5) is 0 Å². The summed E-state index contributed by atoms with van der Waals surface area (Å²) >= 11 is 0. The van der Waals surface area contributed by atoms with Gasteiger partial charge < -0.3 is 10.1 Å². The number of hydrogen-bond acceptors (Lipinski definition) is 2. The van der Waals surface area contributed by atoms with Gasteiger partial charge in [0.05, 0.1) is 0 Å². The molecule has 2 N–H and O–H groups in total. The fourth-order valence-electron chi connectivity index (χ4n) is 0.905. The number of aliphatic carboxylic acids is 1. The Morgan fingerprint density at radius 2 is 2.42 bits per heavy atom. The number of aromatic nitrogens is 2. The highest BCUT2D eigenvalue weighted by molar-refractivity contribution is 5.68. The number of rotatable bonds is 3. The van der Waals surface area contributed by atoms with Crippen LogP contribution in [0.25, 0.3) is 0 Å². The fourth-order valence-corrected chi connectivity index (χ4v) is 0.905. The topological polar surface area (TPSA) is 66.0 Å². The number of imidazole rings is 1. The van der Waals surface area contributed by atoms with Crippen molar-refractivity contribution >= 4 is 5.97 Å². The van der Waals surface area contributed by atoms with Crippen LogP contribution in [0.3, 0.4) is 0 Å². The van der Waals surface area contributed by atoms with Gasteiger partial charge in [0.15, 0.2) is 0 Å². The maximum Gasteiger partial charge on any atom is 0.311 e. The predicted octanol–water partition coefficient (Wildman–Crippen LogP) is 1.16. The second-order valence-corrected chi connectivity index (χ2v) is 3.01. The molecule has 0 aliphatic carbocycles. The summed E-state index contributed by atoms with van der Waals surface area (Å²) in [6.45, 7) is 4.05. The summed E-state index contributed by atoms with van der Waals surface area (Å²) in [5.74, 6) is 0.0194. The predicted molar refractivity (Wildman–Crippen MR) is 44.0 cm³/mol. The van der Waals surface area contributed by atoms with Crippen molar-refractivity contribution in [3.05, 3.63) is 17.7 Å². The molecule has 0 fully saturated rings. The van der Waals surface area contributed by atoms with E-state index in [2.05, 4.69) is 9.97 Å². The monoisotopic (exact) mass is 168 g/mol. The Balaban J connectivity index is 2.70. The average Bonchev–Trinajstić information content (AvgIpc) is 2.34. The maximum atomic E-state index is 10.3. The summed E-state index contributed by atoms with van der Waals surface area (Å²) in [6, 6.07) is 0. The zero-order valence-corrected chi connectivity index (χ0v) is 7.16. The third-order valence-electron chi connectivity index (χ3n) is 1.59. The first-order valence-electron chi connectivity index (χ1n) is 3.85. The van der Waals surface area contributed by atoms with Crippen LogP contribution in [0.1, 0.15) is 31.3 Å². The lowest BCUT2D eigenvalue weighted by atomic mass is 10.2. The van der Waals surface area contributed by atoms with E-state index in [1.54, 1.807) is 6.20 Å². The summed E-state index contributed by atoms with van der Waals surface area (Å²) in [5, 5.41) is 8.45. The van der Waals surface area contributed by atoms with Crippen molar-refractivity contribution in [1.82, 2.24) is 9.97 Å². The van der Waals surface area contributed by atoms with Gasteiger partial charge in [0.1, 0.15) is 12.2 Å². The van der Waals surface area contributed by atoms with Crippen LogP contribution < -0.4 is 0 Å². The third kappa shape index (κ3) is 2.08. The molecule has 0 aliphatic rings. The van der Waals surface area contributed by atoms with Crippen LogP contribution >= 0.6 is 0 Å². The molecule has 0 unspecified atom stereocenters. The van der Waals surface area contributed by atoms with Gasteiger partial charge in [-0.1, -0.05) is 13.8 Å². The number of hydrogen-bond donors (Lipinski definition) is 2. The van der Waals surface area contributed by atoms with Crippen LogP contribution in [0.2, 0.25) is 0 Å². The average molecular weight is 168 g/mol. The Hall–Kier alpha value is -1.32. The van der Waals surface area contributed by atoms with Crippen molar-refractivity contribution in [3.8, 4) is 0 Å². The molecule has 4 heteroatoms. The van der Waals surface area contributed by atoms with E-state index in [1.807, 2.05) is 13.8 Å². The van der Waals surface area contributed by atoms with Crippen molar-refractivity contribution in [2.24, 2.45) is 0 Å². The summed E-state index contributed by atoms with van der Waals surface area (Å²) in [5.41, 5.74) is 0.978. The van der Waals surface area contributed by atoms with E-state index in [0.29, 0.717) is 11.7 Å². The number of carbonyl (C=O) groups is 1. The molecule has 0 saturated heterocycles. The lowest BCUT2D eigenvalue weighted by molar-refractivity contribution is -0.136. The Bertz CT molecular complexity index is 278. The number of nitrogens with one attached hydrogen (secondary N) is 1. The molecule has 1 aromatic rings. The van der Waals surface area contributed by atoms with Crippen LogP contribution in [0, 0.1) is 0 Å². The zero-order valence-electron chi connectivity index (χ0n) is 7.16. The van der Waals surface area contributed by atoms with Gasteiger partial charge in [-0.3, -0.25) is 4.79 Å². The van der Waals surface area contributed by atoms with E-state index in [1.165, 1.54) is 0 Å². The van der Waals surface area contributed by atoms with E-state index in [-0.39, 0.29) is 6.42 Å². The van der Waals surface area contributed by atoms with Crippen LogP contribution in [-0.2, 0) is 11.2 Å². The number of carboxylic acids is 1. The molecule has 0 atom stereocenters. The summed E-state index contributed by atoms with van der Waals surface area (Å²) in [6.07, 6.45) is 1.65. The molecule has 0 radical (unpaired) electrons. The molecule has 1 rings (SSSR count). The Morgan fingerprint density at radius 1 is 1.75 bits per heavy atom. The van der Waals surface area contributed by atoms with Crippen molar-refractivity contribution in [2.75, 3.05) is 0 Å². The Morgan fingerprint density at radius 3 is 2.83 bits per heavy atom. The first-order valence-corrected chi connectivity index (χ1v) is 3.85. The van der Waals surface area contributed by atoms with Crippen molar-refractivity contribution in [3.63, 3.8) is 0 Å². The second-order valence-electron chi connectivity index (χ2n) is 3.01. The zero-order chi connectivity index (χ0) is 9.14. The standard InChI is InChI=1S/C8H12N2O2/c1-5(2)6-4-9-7(10-6)3-8(11)12/h4-5H,3H2,1-2H3,(H,9,10)(H,11,12). The molecule has 12 heavy (non-hydrogen) atoms. The van der Waals surface area contributed by atoms with Crippen molar-refractivity contribution in [2.45, 2.75) is 26.2 Å². The van der Waals surface area contributed by atoms with Crippen LogP contribution in [0.5, 0.6) is 0 Å². The van der Waals surface area contributed by atoms with Gasteiger partial charge in [0.25, 0.3) is 0 Å². The minimum Gasteiger partial charge on any atom is -0.481 e. The number of aromatic amines is 1. The highest BCUT2D eigenvalue weighted by Gasteiger charge is 2.06. The highest BCUT2D eigenvalue weighted by atomic mass is 16.4. The molecule has 0 amide bonds. The summed E-state index contributed by atoms with van der Waals surface area (Å²) in [7, 11) is 0. The van der Waals surface area contributed by atoms with Gasteiger partial charge in [-0.25, -0.2) is 4.98 Å². The Kier molecular flexibility index (Phi) is 2.47. The molecule has 66 valence electrons. The first kappa shape index (κ1) is 8.77. The van der Waals surface area contributed by atoms with E-state index in [9.17, 15) is 4.79 Å². The smallest absolute Gasteiger partial charge is 0.311 e. The number of H-pyrrole nitrogens is 1. The van der Waals surface area contributed by atoms with Crippen molar-refractivity contribution < 1.29 is 9.90 Å². The van der Waals surface area contributed by atoms with Crippen LogP contribution in [-0.4, -0.2) is 21.0 Å². The first-order chi connectivity index (χ1) is 5.59. The normalized spacial score (nSPS) is 10.6. The molecule has 1 aromatic heterocycles. The SMILES string of the molecule is CC(C)c1cnc(CC(=O)O)[nH]1. The number of nitrogens with zero attached hydrogens (tertiary/aromatic N) is 1. The van der Waals surface area contributed by atoms with Gasteiger partial charge in [-0.15, -0.1) is 0 Å². The van der Waals surface area contributed by atoms with E-state index in [4.69, 9.17) is 5.11 Å². The Labute approximate surface area is 70.6 Å². The molecular weight excluding hydrogens is 156 g/mol. The summed E-state index contributed by atoms with van der Waals surface area (Å²) < 4.78 is 0. The maximum absolute atomic E-state index is 10.3. The molecule has 0 saturated carbocycles. The molecule has 0 aromatic carbocycles. The molecule has 0 spiro atoms. The van der Waals surface area contributed by atoms with Gasteiger partial charge in [0, 0.05) is 11.9 Å². The minimum absolute atomic E-state index is 0.0350. The molecule has 0 bridgehead atoms. The fraction of sp³-hybridized carbons (Fsp3) is 0.500. The molecule has 4 nitrogen and oxygen atoms in total. The molecule has 1 heterocycles. The van der Waals surface area contributed by atoms with E-state index in [0.717, 1.165) is 5.69 Å². The lowest BCUT2D eigenvalue weighted by Crippen LogP contribution is -2.01. The highest BCUT2D eigenvalue weighted by Crippen LogP contribution is 2.10. The van der Waals surface area contributed by atoms with Gasteiger partial charge >= 0.3 is 5.97 Å².